The molecule has 116 valence electrons. The minimum Gasteiger partial charge on any atom is -0.492 e. The van der Waals surface area contributed by atoms with Crippen LogP contribution in [0.1, 0.15) is 12.5 Å². The zero-order valence-corrected chi connectivity index (χ0v) is 12.8. The van der Waals surface area contributed by atoms with Crippen molar-refractivity contribution < 1.29 is 14.3 Å². The summed E-state index contributed by atoms with van der Waals surface area (Å²) < 4.78 is 10.9. The molecule has 0 spiro atoms. The minimum atomic E-state index is -0.191. The molecule has 1 aromatic rings. The summed E-state index contributed by atoms with van der Waals surface area (Å²) in [4.78, 5) is 14.0. The fraction of sp³-hybridized carbons (Fsp3) is 0.562. The van der Waals surface area contributed by atoms with Crippen molar-refractivity contribution >= 4 is 5.91 Å². The number of ether oxygens (including phenoxy) is 2. The molecule has 5 nitrogen and oxygen atoms in total. The Bertz CT molecular complexity index is 459. The van der Waals surface area contributed by atoms with Crippen molar-refractivity contribution in [1.29, 1.82) is 0 Å². The quantitative estimate of drug-likeness (QED) is 0.801. The molecular formula is C16H24N2O3. The van der Waals surface area contributed by atoms with Gasteiger partial charge in [-0.15, -0.1) is 0 Å². The highest BCUT2D eigenvalue weighted by atomic mass is 16.5. The predicted molar refractivity (Wildman–Crippen MR) is 81.5 cm³/mol. The van der Waals surface area contributed by atoms with E-state index in [0.717, 1.165) is 5.75 Å². The second-order valence-corrected chi connectivity index (χ2v) is 5.28. The summed E-state index contributed by atoms with van der Waals surface area (Å²) in [5, 5.41) is 3.21. The topological polar surface area (TPSA) is 50.8 Å². The molecule has 1 saturated heterocycles. The van der Waals surface area contributed by atoms with Crippen molar-refractivity contribution in [3.8, 4) is 5.75 Å². The highest BCUT2D eigenvalue weighted by Gasteiger charge is 2.21. The zero-order chi connectivity index (χ0) is 15.1. The van der Waals surface area contributed by atoms with E-state index in [1.807, 2.05) is 43.0 Å². The molecule has 0 radical (unpaired) electrons. The molecule has 0 aromatic heterocycles. The van der Waals surface area contributed by atoms with Gasteiger partial charge < -0.3 is 19.7 Å². The Morgan fingerprint density at radius 1 is 1.43 bits per heavy atom. The largest absolute Gasteiger partial charge is 0.492 e. The van der Waals surface area contributed by atoms with Gasteiger partial charge in [0.2, 0.25) is 5.91 Å². The van der Waals surface area contributed by atoms with Gasteiger partial charge in [0, 0.05) is 19.6 Å². The molecule has 0 saturated carbocycles. The van der Waals surface area contributed by atoms with Crippen LogP contribution in [0.2, 0.25) is 0 Å². The van der Waals surface area contributed by atoms with E-state index in [2.05, 4.69) is 5.32 Å². The van der Waals surface area contributed by atoms with Gasteiger partial charge in [-0.05, 0) is 31.5 Å². The normalized spacial score (nSPS) is 16.6. The smallest absolute Gasteiger partial charge is 0.239 e. The van der Waals surface area contributed by atoms with Gasteiger partial charge >= 0.3 is 0 Å². The third-order valence-electron chi connectivity index (χ3n) is 3.50. The summed E-state index contributed by atoms with van der Waals surface area (Å²) in [5.41, 5.74) is 1.18. The number of aryl methyl sites for hydroxylation is 1. The SMILES string of the molecule is Cc1cccc(OCCNC(C)C(=O)N2CCOCC2)c1. The molecule has 0 aliphatic carbocycles. The Balaban J connectivity index is 1.66. The summed E-state index contributed by atoms with van der Waals surface area (Å²) in [7, 11) is 0. The molecule has 1 aliphatic heterocycles. The summed E-state index contributed by atoms with van der Waals surface area (Å²) in [6.45, 7) is 7.76. The molecule has 1 aliphatic rings. The maximum absolute atomic E-state index is 12.2. The van der Waals surface area contributed by atoms with Crippen LogP contribution in [0.4, 0.5) is 0 Å². The van der Waals surface area contributed by atoms with Gasteiger partial charge in [0.15, 0.2) is 0 Å². The second kappa shape index (κ2) is 8.00. The van der Waals surface area contributed by atoms with Crippen molar-refractivity contribution in [3.63, 3.8) is 0 Å². The van der Waals surface area contributed by atoms with Crippen LogP contribution < -0.4 is 10.1 Å². The summed E-state index contributed by atoms with van der Waals surface area (Å²) in [5.74, 6) is 0.998. The average molecular weight is 292 g/mol. The van der Waals surface area contributed by atoms with Gasteiger partial charge in [0.1, 0.15) is 12.4 Å². The molecule has 1 aromatic carbocycles. The number of nitrogens with one attached hydrogen (secondary N) is 1. The Kier molecular flexibility index (Phi) is 6.02. The summed E-state index contributed by atoms with van der Waals surface area (Å²) in [6.07, 6.45) is 0. The van der Waals surface area contributed by atoms with E-state index in [0.29, 0.717) is 39.5 Å². The first-order valence-electron chi connectivity index (χ1n) is 7.46. The fourth-order valence-corrected chi connectivity index (χ4v) is 2.29. The Morgan fingerprint density at radius 2 is 2.19 bits per heavy atom. The van der Waals surface area contributed by atoms with Crippen molar-refractivity contribution in [2.45, 2.75) is 19.9 Å². The van der Waals surface area contributed by atoms with Crippen molar-refractivity contribution in [3.05, 3.63) is 29.8 Å². The van der Waals surface area contributed by atoms with Crippen LogP contribution in [-0.4, -0.2) is 56.3 Å². The number of carbonyl (C=O) groups excluding carboxylic acids is 1. The molecule has 1 amide bonds. The maximum atomic E-state index is 12.2. The van der Waals surface area contributed by atoms with E-state index in [9.17, 15) is 4.79 Å². The number of hydrogen-bond donors (Lipinski definition) is 1. The molecule has 2 rings (SSSR count). The monoisotopic (exact) mass is 292 g/mol. The van der Waals surface area contributed by atoms with E-state index >= 15 is 0 Å². The van der Waals surface area contributed by atoms with Crippen LogP contribution in [0.3, 0.4) is 0 Å². The van der Waals surface area contributed by atoms with Crippen LogP contribution in [0.15, 0.2) is 24.3 Å². The highest BCUT2D eigenvalue weighted by molar-refractivity contribution is 5.81. The molecule has 5 heteroatoms. The molecule has 0 bridgehead atoms. The second-order valence-electron chi connectivity index (χ2n) is 5.28. The lowest BCUT2D eigenvalue weighted by Gasteiger charge is -2.29. The van der Waals surface area contributed by atoms with Crippen LogP contribution in [0.5, 0.6) is 5.75 Å². The maximum Gasteiger partial charge on any atom is 0.239 e. The number of carbonyl (C=O) groups is 1. The minimum absolute atomic E-state index is 0.133. The molecule has 1 atom stereocenters. The molecule has 1 N–H and O–H groups in total. The Hall–Kier alpha value is -1.59. The number of hydrogen-bond acceptors (Lipinski definition) is 4. The number of rotatable bonds is 6. The van der Waals surface area contributed by atoms with E-state index in [-0.39, 0.29) is 11.9 Å². The van der Waals surface area contributed by atoms with Crippen LogP contribution >= 0.6 is 0 Å². The Labute approximate surface area is 126 Å². The first kappa shape index (κ1) is 15.8. The van der Waals surface area contributed by atoms with Gasteiger partial charge in [0.05, 0.1) is 19.3 Å². The van der Waals surface area contributed by atoms with Crippen LogP contribution in [0.25, 0.3) is 0 Å². The van der Waals surface area contributed by atoms with Gasteiger partial charge in [-0.3, -0.25) is 4.79 Å². The molecule has 1 unspecified atom stereocenters. The van der Waals surface area contributed by atoms with Crippen molar-refractivity contribution in [2.24, 2.45) is 0 Å². The van der Waals surface area contributed by atoms with E-state index < -0.39 is 0 Å². The predicted octanol–water partition coefficient (Wildman–Crippen LogP) is 1.21. The molecule has 21 heavy (non-hydrogen) atoms. The lowest BCUT2D eigenvalue weighted by Crippen LogP contribution is -2.49. The number of morpholine rings is 1. The van der Waals surface area contributed by atoms with Crippen LogP contribution in [0, 0.1) is 6.92 Å². The third kappa shape index (κ3) is 5.02. The summed E-state index contributed by atoms with van der Waals surface area (Å²) in [6, 6.07) is 7.76. The number of amides is 1. The van der Waals surface area contributed by atoms with Crippen LogP contribution in [-0.2, 0) is 9.53 Å². The lowest BCUT2D eigenvalue weighted by molar-refractivity contribution is -0.137. The molecule has 1 fully saturated rings. The fourth-order valence-electron chi connectivity index (χ4n) is 2.29. The first-order chi connectivity index (χ1) is 10.2. The summed E-state index contributed by atoms with van der Waals surface area (Å²) >= 11 is 0. The standard InChI is InChI=1S/C16H24N2O3/c1-13-4-3-5-15(12-13)21-9-6-17-14(2)16(19)18-7-10-20-11-8-18/h3-5,12,14,17H,6-11H2,1-2H3. The van der Waals surface area contributed by atoms with E-state index in [4.69, 9.17) is 9.47 Å². The molecule has 1 heterocycles. The Morgan fingerprint density at radius 3 is 2.90 bits per heavy atom. The van der Waals surface area contributed by atoms with Gasteiger partial charge in [-0.2, -0.15) is 0 Å². The lowest BCUT2D eigenvalue weighted by atomic mass is 10.2. The van der Waals surface area contributed by atoms with Gasteiger partial charge in [-0.1, -0.05) is 12.1 Å². The third-order valence-corrected chi connectivity index (χ3v) is 3.50. The number of nitrogens with zero attached hydrogens (tertiary/aromatic N) is 1. The average Bonchev–Trinajstić information content (AvgIpc) is 2.51. The van der Waals surface area contributed by atoms with E-state index in [1.165, 1.54) is 5.56 Å². The van der Waals surface area contributed by atoms with Crippen molar-refractivity contribution in [2.75, 3.05) is 39.5 Å². The molecular weight excluding hydrogens is 268 g/mol. The van der Waals surface area contributed by atoms with Gasteiger partial charge in [-0.25, -0.2) is 0 Å². The number of benzene rings is 1. The highest BCUT2D eigenvalue weighted by Crippen LogP contribution is 2.11. The zero-order valence-electron chi connectivity index (χ0n) is 12.8. The van der Waals surface area contributed by atoms with E-state index in [1.54, 1.807) is 0 Å². The first-order valence-corrected chi connectivity index (χ1v) is 7.46. The van der Waals surface area contributed by atoms with Gasteiger partial charge in [0.25, 0.3) is 0 Å². The van der Waals surface area contributed by atoms with Crippen molar-refractivity contribution in [1.82, 2.24) is 10.2 Å².